The number of aliphatic hydroxyl groups excluding tert-OH is 1. The smallest absolute Gasteiger partial charge is 0.423 e. The topological polar surface area (TPSA) is 81.0 Å². The van der Waals surface area contributed by atoms with E-state index in [0.717, 1.165) is 0 Å². The van der Waals surface area contributed by atoms with Crippen molar-refractivity contribution >= 4 is 18.5 Å². The molecular formula is C10H12BNO4. The number of nitrogens with zero attached hydrogens (tertiary/aromatic N) is 1. The molecule has 0 radical (unpaired) electrons. The van der Waals surface area contributed by atoms with E-state index in [-0.39, 0.29) is 5.91 Å². The van der Waals surface area contributed by atoms with E-state index in [1.165, 1.54) is 17.0 Å². The van der Waals surface area contributed by atoms with Gasteiger partial charge in [-0.3, -0.25) is 4.79 Å². The molecule has 1 aliphatic heterocycles. The molecule has 1 heterocycles. The zero-order valence-electron chi connectivity index (χ0n) is 8.58. The van der Waals surface area contributed by atoms with E-state index >= 15 is 0 Å². The molecule has 1 aromatic carbocycles. The molecule has 6 heteroatoms. The van der Waals surface area contributed by atoms with Crippen LogP contribution in [-0.2, 0) is 0 Å². The molecule has 0 atom stereocenters. The molecule has 5 nitrogen and oxygen atoms in total. The Labute approximate surface area is 93.1 Å². The van der Waals surface area contributed by atoms with Gasteiger partial charge in [-0.05, 0) is 17.6 Å². The third-order valence-electron chi connectivity index (χ3n) is 2.61. The number of likely N-dealkylation sites (tertiary alicyclic amines) is 1. The Morgan fingerprint density at radius 2 is 1.81 bits per heavy atom. The monoisotopic (exact) mass is 221 g/mol. The first-order valence-corrected chi connectivity index (χ1v) is 5.01. The van der Waals surface area contributed by atoms with Crippen molar-refractivity contribution in [3.8, 4) is 0 Å². The number of aliphatic hydroxyl groups is 1. The molecule has 1 fully saturated rings. The maximum atomic E-state index is 11.7. The van der Waals surface area contributed by atoms with Gasteiger partial charge in [-0.2, -0.15) is 0 Å². The van der Waals surface area contributed by atoms with Crippen molar-refractivity contribution in [1.82, 2.24) is 4.90 Å². The molecule has 1 aromatic rings. The summed E-state index contributed by atoms with van der Waals surface area (Å²) in [7, 11) is -1.52. The minimum Gasteiger partial charge on any atom is -0.423 e. The molecule has 84 valence electrons. The summed E-state index contributed by atoms with van der Waals surface area (Å²) >= 11 is 0. The van der Waals surface area contributed by atoms with Crippen LogP contribution in [-0.4, -0.2) is 52.3 Å². The first-order valence-electron chi connectivity index (χ1n) is 5.01. The van der Waals surface area contributed by atoms with Crippen LogP contribution < -0.4 is 5.46 Å². The van der Waals surface area contributed by atoms with Crippen molar-refractivity contribution in [2.24, 2.45) is 0 Å². The van der Waals surface area contributed by atoms with Gasteiger partial charge >= 0.3 is 7.12 Å². The standard InChI is InChI=1S/C10H12BNO4/c13-9-5-12(6-9)10(14)7-1-3-8(4-2-7)11(15)16/h1-4,9,13,15-16H,5-6H2. The van der Waals surface area contributed by atoms with Gasteiger partial charge in [-0.1, -0.05) is 12.1 Å². The lowest BCUT2D eigenvalue weighted by molar-refractivity contribution is 0.00590. The molecule has 0 spiro atoms. The Kier molecular flexibility index (Phi) is 2.96. The number of benzene rings is 1. The van der Waals surface area contributed by atoms with Crippen LogP contribution in [0, 0.1) is 0 Å². The van der Waals surface area contributed by atoms with Gasteiger partial charge in [-0.15, -0.1) is 0 Å². The Morgan fingerprint density at radius 1 is 1.25 bits per heavy atom. The number of amides is 1. The fourth-order valence-electron chi connectivity index (χ4n) is 1.60. The second kappa shape index (κ2) is 4.25. The summed E-state index contributed by atoms with van der Waals surface area (Å²) < 4.78 is 0. The zero-order valence-corrected chi connectivity index (χ0v) is 8.58. The number of hydrogen-bond acceptors (Lipinski definition) is 4. The average molecular weight is 221 g/mol. The highest BCUT2D eigenvalue weighted by Crippen LogP contribution is 2.12. The predicted octanol–water partition coefficient (Wildman–Crippen LogP) is -1.82. The van der Waals surface area contributed by atoms with Crippen LogP contribution in [0.2, 0.25) is 0 Å². The van der Waals surface area contributed by atoms with E-state index in [4.69, 9.17) is 15.2 Å². The summed E-state index contributed by atoms with van der Waals surface area (Å²) in [5.41, 5.74) is 0.830. The van der Waals surface area contributed by atoms with Crippen molar-refractivity contribution in [3.63, 3.8) is 0 Å². The molecule has 0 unspecified atom stereocenters. The number of rotatable bonds is 2. The molecule has 2 rings (SSSR count). The van der Waals surface area contributed by atoms with Gasteiger partial charge in [0.25, 0.3) is 5.91 Å². The second-order valence-corrected chi connectivity index (χ2v) is 3.86. The van der Waals surface area contributed by atoms with Gasteiger partial charge in [-0.25, -0.2) is 0 Å². The molecule has 0 bridgehead atoms. The fourth-order valence-corrected chi connectivity index (χ4v) is 1.60. The van der Waals surface area contributed by atoms with Crippen LogP contribution >= 0.6 is 0 Å². The molecule has 3 N–H and O–H groups in total. The third-order valence-corrected chi connectivity index (χ3v) is 2.61. The lowest BCUT2D eigenvalue weighted by atomic mass is 9.80. The van der Waals surface area contributed by atoms with Crippen LogP contribution in [0.3, 0.4) is 0 Å². The van der Waals surface area contributed by atoms with E-state index in [9.17, 15) is 4.79 Å². The van der Waals surface area contributed by atoms with E-state index in [1.807, 2.05) is 0 Å². The first-order chi connectivity index (χ1) is 7.58. The summed E-state index contributed by atoms with van der Waals surface area (Å²) in [5, 5.41) is 26.8. The Hall–Kier alpha value is -1.37. The minimum absolute atomic E-state index is 0.149. The summed E-state index contributed by atoms with van der Waals surface area (Å²) in [6.45, 7) is 0.729. The SMILES string of the molecule is O=C(c1ccc(B(O)O)cc1)N1CC(O)C1. The van der Waals surface area contributed by atoms with Crippen LogP contribution in [0.4, 0.5) is 0 Å². The van der Waals surface area contributed by atoms with E-state index in [2.05, 4.69) is 0 Å². The average Bonchev–Trinajstić information content (AvgIpc) is 2.24. The van der Waals surface area contributed by atoms with E-state index in [1.54, 1.807) is 12.1 Å². The van der Waals surface area contributed by atoms with Gasteiger partial charge in [0, 0.05) is 18.7 Å². The zero-order chi connectivity index (χ0) is 11.7. The molecular weight excluding hydrogens is 209 g/mol. The predicted molar refractivity (Wildman–Crippen MR) is 58.2 cm³/mol. The van der Waals surface area contributed by atoms with Crippen molar-refractivity contribution in [2.75, 3.05) is 13.1 Å². The Balaban J connectivity index is 2.07. The highest BCUT2D eigenvalue weighted by atomic mass is 16.4. The molecule has 1 saturated heterocycles. The van der Waals surface area contributed by atoms with Crippen molar-refractivity contribution < 1.29 is 19.9 Å². The fraction of sp³-hybridized carbons (Fsp3) is 0.300. The van der Waals surface area contributed by atoms with Gasteiger partial charge in [0.05, 0.1) is 6.10 Å². The van der Waals surface area contributed by atoms with E-state index < -0.39 is 13.2 Å². The van der Waals surface area contributed by atoms with Gasteiger partial charge in [0.1, 0.15) is 0 Å². The first kappa shape index (κ1) is 11.1. The number of carbonyl (C=O) groups excluding carboxylic acids is 1. The second-order valence-electron chi connectivity index (χ2n) is 3.86. The Bertz CT molecular complexity index is 386. The number of carbonyl (C=O) groups is 1. The van der Waals surface area contributed by atoms with Crippen LogP contribution in [0.15, 0.2) is 24.3 Å². The molecule has 1 amide bonds. The molecule has 0 aliphatic carbocycles. The molecule has 0 aromatic heterocycles. The summed E-state index contributed by atoms with van der Waals surface area (Å²) in [5.74, 6) is -0.149. The minimum atomic E-state index is -1.52. The normalized spacial score (nSPS) is 15.8. The number of hydrogen-bond donors (Lipinski definition) is 3. The quantitative estimate of drug-likeness (QED) is 0.514. The van der Waals surface area contributed by atoms with Crippen molar-refractivity contribution in [2.45, 2.75) is 6.10 Å². The maximum absolute atomic E-state index is 11.7. The lowest BCUT2D eigenvalue weighted by Crippen LogP contribution is -2.53. The maximum Gasteiger partial charge on any atom is 0.488 e. The van der Waals surface area contributed by atoms with Gasteiger partial charge in [0.15, 0.2) is 0 Å². The van der Waals surface area contributed by atoms with Crippen LogP contribution in [0.5, 0.6) is 0 Å². The molecule has 16 heavy (non-hydrogen) atoms. The van der Waals surface area contributed by atoms with Crippen LogP contribution in [0.1, 0.15) is 10.4 Å². The summed E-state index contributed by atoms with van der Waals surface area (Å²) in [6, 6.07) is 6.08. The summed E-state index contributed by atoms with van der Waals surface area (Å²) in [6.07, 6.45) is -0.414. The van der Waals surface area contributed by atoms with E-state index in [0.29, 0.717) is 24.1 Å². The van der Waals surface area contributed by atoms with Gasteiger partial charge < -0.3 is 20.1 Å². The summed E-state index contributed by atoms with van der Waals surface area (Å²) in [4.78, 5) is 13.3. The lowest BCUT2D eigenvalue weighted by Gasteiger charge is -2.35. The highest BCUT2D eigenvalue weighted by Gasteiger charge is 2.29. The third kappa shape index (κ3) is 2.09. The van der Waals surface area contributed by atoms with Crippen LogP contribution in [0.25, 0.3) is 0 Å². The molecule has 0 saturated carbocycles. The number of β-amino-alcohol motifs (C(OH)–C–C–N with tert-alkyl or cyclic N) is 1. The van der Waals surface area contributed by atoms with Crippen molar-refractivity contribution in [1.29, 1.82) is 0 Å². The largest absolute Gasteiger partial charge is 0.488 e. The van der Waals surface area contributed by atoms with Crippen molar-refractivity contribution in [3.05, 3.63) is 29.8 Å². The molecule has 1 aliphatic rings. The highest BCUT2D eigenvalue weighted by molar-refractivity contribution is 6.58. The Morgan fingerprint density at radius 3 is 2.25 bits per heavy atom. The van der Waals surface area contributed by atoms with Gasteiger partial charge in [0.2, 0.25) is 0 Å².